The second-order valence-corrected chi connectivity index (χ2v) is 13.2. The third-order valence-electron chi connectivity index (χ3n) is 9.64. The predicted molar refractivity (Wildman–Crippen MR) is 174 cm³/mol. The number of benzene rings is 1. The van der Waals surface area contributed by atoms with E-state index in [-0.39, 0.29) is 43.6 Å². The number of alkyl halides is 3. The number of rotatable bonds is 12. The number of anilines is 2. The highest BCUT2D eigenvalue weighted by Crippen LogP contribution is 2.40. The van der Waals surface area contributed by atoms with Crippen molar-refractivity contribution in [2.24, 2.45) is 0 Å². The van der Waals surface area contributed by atoms with Crippen molar-refractivity contribution >= 4 is 11.6 Å². The van der Waals surface area contributed by atoms with Crippen molar-refractivity contribution in [1.29, 1.82) is 0 Å². The van der Waals surface area contributed by atoms with E-state index in [1.54, 1.807) is 29.2 Å². The van der Waals surface area contributed by atoms with Gasteiger partial charge in [-0.1, -0.05) is 12.1 Å². The lowest BCUT2D eigenvalue weighted by atomic mass is 10.1. The molecule has 1 aromatic carbocycles. The topological polar surface area (TPSA) is 109 Å². The molecule has 0 radical (unpaired) electrons. The van der Waals surface area contributed by atoms with E-state index in [2.05, 4.69) is 38.7 Å². The molecule has 1 N–H and O–H groups in total. The molecule has 4 heterocycles. The standard InChI is InChI=1S/C34H44F3N7O4/c1-22-18-41(33-38-15-26(16-39-33)25-8-9-25)19-23(2)44(22)30(45)12-14-48-21-27-5-4-13-42(27)29-17-40-43(32(46)31(29)34(35,36)37)20-24-6-10-28(47-3)11-7-24/h6-7,10-11,15-17,22-23,25,27,30,45H,4-5,8-9,12-14,18-21H2,1-3H3/t22-,23+,27?,30?. The van der Waals surface area contributed by atoms with E-state index in [4.69, 9.17) is 9.47 Å². The normalized spacial score (nSPS) is 22.7. The molecule has 6 rings (SSSR count). The Kier molecular flexibility index (Phi) is 10.2. The van der Waals surface area contributed by atoms with Gasteiger partial charge in [-0.2, -0.15) is 18.3 Å². The van der Waals surface area contributed by atoms with Crippen molar-refractivity contribution in [3.63, 3.8) is 0 Å². The monoisotopic (exact) mass is 671 g/mol. The predicted octanol–water partition coefficient (Wildman–Crippen LogP) is 4.28. The van der Waals surface area contributed by atoms with E-state index in [1.165, 1.54) is 25.5 Å². The Balaban J connectivity index is 1.04. The molecule has 48 heavy (non-hydrogen) atoms. The van der Waals surface area contributed by atoms with Crippen LogP contribution in [-0.2, 0) is 17.5 Å². The third-order valence-corrected chi connectivity index (χ3v) is 9.64. The van der Waals surface area contributed by atoms with Crippen molar-refractivity contribution in [1.82, 2.24) is 24.6 Å². The quantitative estimate of drug-likeness (QED) is 0.281. The van der Waals surface area contributed by atoms with E-state index in [0.29, 0.717) is 62.1 Å². The summed E-state index contributed by atoms with van der Waals surface area (Å²) in [6.07, 6.45) is 3.43. The van der Waals surface area contributed by atoms with Gasteiger partial charge in [-0.05, 0) is 68.7 Å². The van der Waals surface area contributed by atoms with Crippen LogP contribution in [0.25, 0.3) is 0 Å². The van der Waals surface area contributed by atoms with Crippen LogP contribution < -0.4 is 20.1 Å². The van der Waals surface area contributed by atoms with E-state index in [9.17, 15) is 23.1 Å². The summed E-state index contributed by atoms with van der Waals surface area (Å²) < 4.78 is 55.0. The first-order valence-electron chi connectivity index (χ1n) is 16.7. The second-order valence-electron chi connectivity index (χ2n) is 13.2. The number of halogens is 3. The number of nitrogens with zero attached hydrogens (tertiary/aromatic N) is 7. The zero-order chi connectivity index (χ0) is 34.0. The number of ether oxygens (including phenoxy) is 2. The van der Waals surface area contributed by atoms with Gasteiger partial charge in [0.15, 0.2) is 0 Å². The summed E-state index contributed by atoms with van der Waals surface area (Å²) in [6, 6.07) is 6.46. The molecule has 0 spiro atoms. The van der Waals surface area contributed by atoms with Crippen molar-refractivity contribution in [2.75, 3.05) is 49.8 Å². The van der Waals surface area contributed by atoms with Crippen LogP contribution in [0.5, 0.6) is 5.75 Å². The fraction of sp³-hybridized carbons (Fsp3) is 0.588. The zero-order valence-corrected chi connectivity index (χ0v) is 27.6. The van der Waals surface area contributed by atoms with Crippen LogP contribution in [0.4, 0.5) is 24.8 Å². The Morgan fingerprint density at radius 2 is 1.71 bits per heavy atom. The number of aliphatic hydroxyl groups excluding tert-OH is 1. The molecular weight excluding hydrogens is 627 g/mol. The smallest absolute Gasteiger partial charge is 0.423 e. The van der Waals surface area contributed by atoms with E-state index in [1.807, 2.05) is 12.4 Å². The molecule has 1 saturated carbocycles. The molecule has 3 aromatic rings. The molecule has 2 saturated heterocycles. The first-order chi connectivity index (χ1) is 23.0. The first-order valence-corrected chi connectivity index (χ1v) is 16.7. The van der Waals surface area contributed by atoms with Gasteiger partial charge in [0.2, 0.25) is 5.95 Å². The molecule has 4 atom stereocenters. The fourth-order valence-electron chi connectivity index (χ4n) is 7.07. The van der Waals surface area contributed by atoms with Gasteiger partial charge in [-0.15, -0.1) is 0 Å². The van der Waals surface area contributed by atoms with Gasteiger partial charge in [0.1, 0.15) is 17.5 Å². The minimum Gasteiger partial charge on any atom is -0.497 e. The maximum absolute atomic E-state index is 14.4. The summed E-state index contributed by atoms with van der Waals surface area (Å²) in [5.74, 6) is 1.91. The van der Waals surface area contributed by atoms with Crippen LogP contribution in [0, 0.1) is 0 Å². The van der Waals surface area contributed by atoms with Gasteiger partial charge in [0.25, 0.3) is 5.56 Å². The van der Waals surface area contributed by atoms with Gasteiger partial charge in [-0.25, -0.2) is 14.6 Å². The van der Waals surface area contributed by atoms with E-state index >= 15 is 0 Å². The van der Waals surface area contributed by atoms with Crippen molar-refractivity contribution in [2.45, 2.75) is 88.9 Å². The minimum atomic E-state index is -4.86. The number of aromatic nitrogens is 4. The van der Waals surface area contributed by atoms with E-state index < -0.39 is 23.5 Å². The lowest BCUT2D eigenvalue weighted by Gasteiger charge is -2.46. The number of hydrogen-bond donors (Lipinski definition) is 1. The van der Waals surface area contributed by atoms with Crippen molar-refractivity contribution in [3.05, 3.63) is 69.9 Å². The number of piperazine rings is 1. The summed E-state index contributed by atoms with van der Waals surface area (Å²) in [7, 11) is 1.52. The zero-order valence-electron chi connectivity index (χ0n) is 27.6. The van der Waals surface area contributed by atoms with Crippen LogP contribution in [0.2, 0.25) is 0 Å². The average Bonchev–Trinajstić information content (AvgIpc) is 3.81. The minimum absolute atomic E-state index is 0.0425. The summed E-state index contributed by atoms with van der Waals surface area (Å²) in [4.78, 5) is 28.2. The lowest BCUT2D eigenvalue weighted by molar-refractivity contribution is -0.138. The van der Waals surface area contributed by atoms with Gasteiger partial charge in [0, 0.05) is 50.5 Å². The summed E-state index contributed by atoms with van der Waals surface area (Å²) in [5.41, 5.74) is -0.814. The molecule has 260 valence electrons. The molecule has 2 aromatic heterocycles. The number of methoxy groups -OCH3 is 1. The van der Waals surface area contributed by atoms with Crippen LogP contribution in [0.15, 0.2) is 47.7 Å². The molecule has 14 heteroatoms. The third kappa shape index (κ3) is 7.60. The first kappa shape index (κ1) is 34.1. The van der Waals surface area contributed by atoms with Gasteiger partial charge < -0.3 is 24.4 Å². The largest absolute Gasteiger partial charge is 0.497 e. The van der Waals surface area contributed by atoms with Crippen LogP contribution in [-0.4, -0.2) is 94.1 Å². The maximum Gasteiger partial charge on any atom is 0.423 e. The van der Waals surface area contributed by atoms with E-state index in [0.717, 1.165) is 10.9 Å². The molecule has 2 unspecified atom stereocenters. The van der Waals surface area contributed by atoms with Crippen LogP contribution >= 0.6 is 0 Å². The molecule has 3 aliphatic rings. The fourth-order valence-corrected chi connectivity index (χ4v) is 7.07. The van der Waals surface area contributed by atoms with Gasteiger partial charge in [0.05, 0.1) is 44.8 Å². The summed E-state index contributed by atoms with van der Waals surface area (Å²) in [6.45, 7) is 6.16. The molecule has 0 bridgehead atoms. The highest BCUT2D eigenvalue weighted by molar-refractivity contribution is 5.54. The van der Waals surface area contributed by atoms with Crippen molar-refractivity contribution < 1.29 is 27.8 Å². The highest BCUT2D eigenvalue weighted by Gasteiger charge is 2.42. The van der Waals surface area contributed by atoms with Gasteiger partial charge >= 0.3 is 6.18 Å². The summed E-state index contributed by atoms with van der Waals surface area (Å²) >= 11 is 0. The molecule has 0 amide bonds. The Morgan fingerprint density at radius 3 is 2.33 bits per heavy atom. The molecule has 3 fully saturated rings. The number of hydrogen-bond acceptors (Lipinski definition) is 10. The second kappa shape index (κ2) is 14.4. The molecule has 11 nitrogen and oxygen atoms in total. The Labute approximate surface area is 278 Å². The average molecular weight is 672 g/mol. The Hall–Kier alpha value is -3.75. The van der Waals surface area contributed by atoms with Gasteiger partial charge in [-0.3, -0.25) is 9.69 Å². The molecule has 1 aliphatic carbocycles. The molecular formula is C34H44F3N7O4. The lowest BCUT2D eigenvalue weighted by Crippen LogP contribution is -2.60. The van der Waals surface area contributed by atoms with Crippen LogP contribution in [0.3, 0.4) is 0 Å². The Morgan fingerprint density at radius 1 is 1.02 bits per heavy atom. The SMILES string of the molecule is COc1ccc(Cn2ncc(N3CCCC3COCCC(O)N3[C@H](C)CN(c4ncc(C5CC5)cn4)C[C@@H]3C)c(C(F)(F)F)c2=O)cc1. The highest BCUT2D eigenvalue weighted by atomic mass is 19.4. The summed E-state index contributed by atoms with van der Waals surface area (Å²) in [5, 5.41) is 15.3. The maximum atomic E-state index is 14.4. The Bertz CT molecular complexity index is 1570. The molecule has 2 aliphatic heterocycles. The number of aliphatic hydroxyl groups is 1. The van der Waals surface area contributed by atoms with Crippen molar-refractivity contribution in [3.8, 4) is 5.75 Å². The van der Waals surface area contributed by atoms with Crippen LogP contribution in [0.1, 0.15) is 68.6 Å².